The summed E-state index contributed by atoms with van der Waals surface area (Å²) in [5.74, 6) is 0.946. The highest BCUT2D eigenvalue weighted by Gasteiger charge is 2.01. The summed E-state index contributed by atoms with van der Waals surface area (Å²) in [7, 11) is 0. The van der Waals surface area contributed by atoms with E-state index < -0.39 is 0 Å². The van der Waals surface area contributed by atoms with E-state index in [0.717, 1.165) is 5.75 Å². The van der Waals surface area contributed by atoms with E-state index in [4.69, 9.17) is 4.74 Å². The lowest BCUT2D eigenvalue weighted by atomic mass is 10.3. The summed E-state index contributed by atoms with van der Waals surface area (Å²) in [6, 6.07) is 8.33. The average Bonchev–Trinajstić information content (AvgIpc) is 2.28. The summed E-state index contributed by atoms with van der Waals surface area (Å²) in [6.45, 7) is 7.14. The van der Waals surface area contributed by atoms with Gasteiger partial charge >= 0.3 is 0 Å². The summed E-state index contributed by atoms with van der Waals surface area (Å²) in [5.41, 5.74) is 0. The highest BCUT2D eigenvalue weighted by molar-refractivity contribution is 7.99. The first-order valence-electron chi connectivity index (χ1n) is 5.43. The molecule has 0 saturated heterocycles. The molecule has 1 unspecified atom stereocenters. The van der Waals surface area contributed by atoms with Crippen LogP contribution in [0.25, 0.3) is 0 Å². The Morgan fingerprint density at radius 2 is 2.00 bits per heavy atom. The Kier molecular flexibility index (Phi) is 5.62. The fourth-order valence-corrected chi connectivity index (χ4v) is 2.03. The third kappa shape index (κ3) is 4.61. The molecular weight excluding hydrogens is 204 g/mol. The van der Waals surface area contributed by atoms with Crippen LogP contribution in [0, 0.1) is 6.42 Å². The van der Waals surface area contributed by atoms with E-state index in [1.807, 2.05) is 37.2 Å². The van der Waals surface area contributed by atoms with Gasteiger partial charge in [-0.2, -0.15) is 0 Å². The molecule has 1 aromatic rings. The molecule has 1 nitrogen and oxygen atoms in total. The van der Waals surface area contributed by atoms with Crippen LogP contribution in [0.2, 0.25) is 0 Å². The van der Waals surface area contributed by atoms with Gasteiger partial charge in [-0.15, -0.1) is 11.8 Å². The molecule has 1 radical (unpaired) electrons. The molecule has 0 aromatic heterocycles. The van der Waals surface area contributed by atoms with Crippen LogP contribution in [0.3, 0.4) is 0 Å². The zero-order valence-corrected chi connectivity index (χ0v) is 10.5. The highest BCUT2D eigenvalue weighted by atomic mass is 32.2. The standard InChI is InChI=1S/C13H19OS/c1-4-10-14-12-6-8-13(9-7-12)15-11(3)5-2/h4,6-9,11H,5,10H2,1-3H3. The lowest BCUT2D eigenvalue weighted by Crippen LogP contribution is -1.95. The molecule has 0 aliphatic rings. The van der Waals surface area contributed by atoms with Gasteiger partial charge in [0.15, 0.2) is 0 Å². The average molecular weight is 223 g/mol. The first kappa shape index (κ1) is 12.4. The van der Waals surface area contributed by atoms with Gasteiger partial charge < -0.3 is 4.74 Å². The number of benzene rings is 1. The van der Waals surface area contributed by atoms with Crippen molar-refractivity contribution in [3.8, 4) is 5.75 Å². The number of rotatable bonds is 6. The SMILES string of the molecule is C[CH]COc1ccc(SC(C)CC)cc1. The Labute approximate surface area is 97.2 Å². The monoisotopic (exact) mass is 223 g/mol. The largest absolute Gasteiger partial charge is 0.493 e. The predicted octanol–water partition coefficient (Wildman–Crippen LogP) is 4.18. The van der Waals surface area contributed by atoms with Crippen LogP contribution in [-0.4, -0.2) is 11.9 Å². The minimum Gasteiger partial charge on any atom is -0.493 e. The van der Waals surface area contributed by atoms with Gasteiger partial charge in [0.1, 0.15) is 5.75 Å². The number of thioether (sulfide) groups is 1. The second-order valence-corrected chi connectivity index (χ2v) is 5.04. The third-order valence-electron chi connectivity index (χ3n) is 2.15. The number of hydrogen-bond acceptors (Lipinski definition) is 2. The van der Waals surface area contributed by atoms with Gasteiger partial charge in [-0.05, 0) is 37.1 Å². The van der Waals surface area contributed by atoms with Crippen LogP contribution in [-0.2, 0) is 0 Å². The normalized spacial score (nSPS) is 12.5. The van der Waals surface area contributed by atoms with E-state index in [0.29, 0.717) is 11.9 Å². The van der Waals surface area contributed by atoms with Crippen LogP contribution in [0.5, 0.6) is 5.75 Å². The molecule has 83 valence electrons. The fourth-order valence-electron chi connectivity index (χ4n) is 1.11. The van der Waals surface area contributed by atoms with E-state index >= 15 is 0 Å². The third-order valence-corrected chi connectivity index (χ3v) is 3.43. The van der Waals surface area contributed by atoms with Crippen LogP contribution in [0.4, 0.5) is 0 Å². The van der Waals surface area contributed by atoms with Gasteiger partial charge in [-0.1, -0.05) is 20.8 Å². The van der Waals surface area contributed by atoms with Crippen molar-refractivity contribution in [2.75, 3.05) is 6.61 Å². The van der Waals surface area contributed by atoms with Crippen LogP contribution in [0.1, 0.15) is 27.2 Å². The Bertz CT molecular complexity index is 268. The fraction of sp³-hybridized carbons (Fsp3) is 0.462. The maximum absolute atomic E-state index is 5.48. The van der Waals surface area contributed by atoms with Crippen LogP contribution < -0.4 is 4.74 Å². The van der Waals surface area contributed by atoms with Crippen molar-refractivity contribution >= 4 is 11.8 Å². The molecule has 1 aromatic carbocycles. The predicted molar refractivity (Wildman–Crippen MR) is 67.5 cm³/mol. The Hall–Kier alpha value is -0.630. The lowest BCUT2D eigenvalue weighted by molar-refractivity contribution is 0.349. The first-order valence-corrected chi connectivity index (χ1v) is 6.31. The van der Waals surface area contributed by atoms with Gasteiger partial charge in [0.25, 0.3) is 0 Å². The second-order valence-electron chi connectivity index (χ2n) is 3.53. The van der Waals surface area contributed by atoms with Crippen LogP contribution >= 0.6 is 11.8 Å². The van der Waals surface area contributed by atoms with Gasteiger partial charge in [-0.3, -0.25) is 0 Å². The van der Waals surface area contributed by atoms with E-state index in [1.54, 1.807) is 0 Å². The van der Waals surface area contributed by atoms with E-state index in [-0.39, 0.29) is 0 Å². The summed E-state index contributed by atoms with van der Waals surface area (Å²) in [5, 5.41) is 0.681. The molecule has 1 rings (SSSR count). The molecule has 0 spiro atoms. The van der Waals surface area contributed by atoms with Gasteiger partial charge in [0, 0.05) is 10.1 Å². The smallest absolute Gasteiger partial charge is 0.119 e. The lowest BCUT2D eigenvalue weighted by Gasteiger charge is -2.09. The molecule has 1 atom stereocenters. The minimum absolute atomic E-state index is 0.678. The van der Waals surface area contributed by atoms with E-state index in [1.165, 1.54) is 11.3 Å². The van der Waals surface area contributed by atoms with Gasteiger partial charge in [-0.25, -0.2) is 0 Å². The topological polar surface area (TPSA) is 9.23 Å². The summed E-state index contributed by atoms with van der Waals surface area (Å²) < 4.78 is 5.48. The molecule has 0 aliphatic heterocycles. The molecule has 0 bridgehead atoms. The van der Waals surface area contributed by atoms with Crippen molar-refractivity contribution in [1.82, 2.24) is 0 Å². The summed E-state index contributed by atoms with van der Waals surface area (Å²) >= 11 is 1.91. The molecule has 0 fully saturated rings. The Balaban J connectivity index is 2.48. The van der Waals surface area contributed by atoms with Crippen molar-refractivity contribution in [3.63, 3.8) is 0 Å². The molecule has 0 saturated carbocycles. The summed E-state index contributed by atoms with van der Waals surface area (Å²) in [4.78, 5) is 1.32. The molecule has 0 aliphatic carbocycles. The van der Waals surface area contributed by atoms with Gasteiger partial charge in [0.2, 0.25) is 0 Å². The Morgan fingerprint density at radius 1 is 1.33 bits per heavy atom. The molecule has 0 N–H and O–H groups in total. The second kappa shape index (κ2) is 6.78. The summed E-state index contributed by atoms with van der Waals surface area (Å²) in [6.07, 6.45) is 3.20. The number of ether oxygens (including phenoxy) is 1. The number of hydrogen-bond donors (Lipinski definition) is 0. The molecule has 2 heteroatoms. The first-order chi connectivity index (χ1) is 7.26. The van der Waals surface area contributed by atoms with Crippen molar-refractivity contribution in [3.05, 3.63) is 30.7 Å². The zero-order valence-electron chi connectivity index (χ0n) is 9.69. The van der Waals surface area contributed by atoms with Crippen molar-refractivity contribution in [2.24, 2.45) is 0 Å². The maximum atomic E-state index is 5.48. The Morgan fingerprint density at radius 3 is 2.53 bits per heavy atom. The van der Waals surface area contributed by atoms with Gasteiger partial charge in [0.05, 0.1) is 6.61 Å². The molecular formula is C13H19OS. The van der Waals surface area contributed by atoms with Crippen LogP contribution in [0.15, 0.2) is 29.2 Å². The van der Waals surface area contributed by atoms with Crippen molar-refractivity contribution in [1.29, 1.82) is 0 Å². The minimum atomic E-state index is 0.678. The van der Waals surface area contributed by atoms with E-state index in [2.05, 4.69) is 26.0 Å². The quantitative estimate of drug-likeness (QED) is 0.669. The molecule has 0 heterocycles. The maximum Gasteiger partial charge on any atom is 0.119 e. The molecule has 15 heavy (non-hydrogen) atoms. The zero-order chi connectivity index (χ0) is 11.1. The highest BCUT2D eigenvalue weighted by Crippen LogP contribution is 2.26. The molecule has 0 amide bonds. The van der Waals surface area contributed by atoms with E-state index in [9.17, 15) is 0 Å². The van der Waals surface area contributed by atoms with Crippen molar-refractivity contribution < 1.29 is 4.74 Å². The van der Waals surface area contributed by atoms with Crippen molar-refractivity contribution in [2.45, 2.75) is 37.3 Å².